The maximum Gasteiger partial charge on any atom is 0.277 e. The molecule has 1 amide bonds. The second kappa shape index (κ2) is 8.54. The molecule has 1 aliphatic heterocycles. The zero-order chi connectivity index (χ0) is 20.2. The van der Waals surface area contributed by atoms with E-state index in [2.05, 4.69) is 37.4 Å². The molecule has 0 spiro atoms. The van der Waals surface area contributed by atoms with E-state index in [9.17, 15) is 4.79 Å². The van der Waals surface area contributed by atoms with Crippen LogP contribution in [0.5, 0.6) is 0 Å². The van der Waals surface area contributed by atoms with Crippen LogP contribution in [-0.2, 0) is 13.6 Å². The van der Waals surface area contributed by atoms with Crippen molar-refractivity contribution in [3.63, 3.8) is 0 Å². The number of nitrogens with zero attached hydrogens (tertiary/aromatic N) is 5. The molecule has 1 aliphatic rings. The molecule has 3 aromatic rings. The molecule has 3 N–H and O–H groups in total. The van der Waals surface area contributed by atoms with E-state index in [0.29, 0.717) is 11.9 Å². The Kier molecular flexibility index (Phi) is 5.68. The summed E-state index contributed by atoms with van der Waals surface area (Å²) in [5.41, 5.74) is 4.05. The summed E-state index contributed by atoms with van der Waals surface area (Å²) in [6, 6.07) is 8.29. The number of hydroxylamine groups is 1. The van der Waals surface area contributed by atoms with E-state index in [-0.39, 0.29) is 5.56 Å². The number of para-hydroxylation sites is 1. The van der Waals surface area contributed by atoms with Gasteiger partial charge >= 0.3 is 0 Å². The Balaban J connectivity index is 1.26. The van der Waals surface area contributed by atoms with Gasteiger partial charge in [0.2, 0.25) is 5.95 Å². The van der Waals surface area contributed by atoms with Crippen molar-refractivity contribution in [2.75, 3.05) is 24.5 Å². The molecule has 0 radical (unpaired) electrons. The molecular weight excluding hydrogens is 370 g/mol. The second-order valence-corrected chi connectivity index (χ2v) is 7.36. The molecule has 3 heterocycles. The maximum atomic E-state index is 11.4. The van der Waals surface area contributed by atoms with Gasteiger partial charge in [0.15, 0.2) is 0 Å². The molecule has 9 heteroatoms. The van der Waals surface area contributed by atoms with Crippen molar-refractivity contribution in [1.29, 1.82) is 0 Å². The minimum atomic E-state index is -0.609. The molecule has 0 unspecified atom stereocenters. The normalized spacial score (nSPS) is 15.0. The molecule has 1 aromatic carbocycles. The highest BCUT2D eigenvalue weighted by molar-refractivity contribution is 5.92. The average molecular weight is 395 g/mol. The maximum absolute atomic E-state index is 11.4. The molecule has 1 saturated heterocycles. The lowest BCUT2D eigenvalue weighted by Gasteiger charge is -2.32. The number of anilines is 1. The van der Waals surface area contributed by atoms with Crippen molar-refractivity contribution in [2.45, 2.75) is 19.4 Å². The Bertz CT molecular complexity index is 978. The smallest absolute Gasteiger partial charge is 0.277 e. The number of aromatic nitrogens is 4. The Labute approximate surface area is 168 Å². The molecule has 4 rings (SSSR count). The molecule has 0 bridgehead atoms. The number of carbonyl (C=O) groups excluding carboxylic acids is 1. The number of nitrogens with one attached hydrogen (secondary N) is 2. The van der Waals surface area contributed by atoms with Gasteiger partial charge in [0, 0.05) is 44.5 Å². The van der Waals surface area contributed by atoms with E-state index in [0.717, 1.165) is 50.2 Å². The number of hydrogen-bond donors (Lipinski definition) is 3. The highest BCUT2D eigenvalue weighted by Crippen LogP contribution is 2.21. The Hall–Kier alpha value is -3.04. The number of aryl methyl sites for hydroxylation is 1. The Morgan fingerprint density at radius 1 is 1.21 bits per heavy atom. The molecular formula is C20H25N7O2. The van der Waals surface area contributed by atoms with Crippen LogP contribution in [0.4, 0.5) is 5.95 Å². The number of fused-ring (bicyclic) bond motifs is 1. The molecule has 1 fully saturated rings. The molecule has 0 saturated carbocycles. The number of amides is 1. The summed E-state index contributed by atoms with van der Waals surface area (Å²) < 4.78 is 1.93. The van der Waals surface area contributed by atoms with Crippen molar-refractivity contribution >= 4 is 22.8 Å². The summed E-state index contributed by atoms with van der Waals surface area (Å²) in [4.78, 5) is 22.0. The predicted octanol–water partition coefficient (Wildman–Crippen LogP) is 1.49. The first-order chi connectivity index (χ1) is 14.2. The average Bonchev–Trinajstić information content (AvgIpc) is 3.10. The fourth-order valence-electron chi connectivity index (χ4n) is 3.82. The topological polar surface area (TPSA) is 108 Å². The van der Waals surface area contributed by atoms with Gasteiger partial charge in [-0.05, 0) is 31.4 Å². The van der Waals surface area contributed by atoms with Crippen molar-refractivity contribution in [3.05, 3.63) is 47.9 Å². The molecule has 152 valence electrons. The fraction of sp³-hybridized carbons (Fsp3) is 0.400. The third-order valence-electron chi connectivity index (χ3n) is 5.46. The van der Waals surface area contributed by atoms with Crippen LogP contribution in [0.3, 0.4) is 0 Å². The number of rotatable bonds is 6. The van der Waals surface area contributed by atoms with Gasteiger partial charge in [0.05, 0.1) is 16.8 Å². The van der Waals surface area contributed by atoms with E-state index in [1.165, 1.54) is 17.8 Å². The molecule has 9 nitrogen and oxygen atoms in total. The highest BCUT2D eigenvalue weighted by Gasteiger charge is 2.21. The Morgan fingerprint density at radius 2 is 1.93 bits per heavy atom. The fourth-order valence-corrected chi connectivity index (χ4v) is 3.82. The standard InChI is InChI=1S/C20H25N7O2/c1-26-18-5-3-2-4-16(18)17(24-26)13-21-10-14-6-8-27(9-7-14)20-22-11-15(12-23-20)19(28)25-29/h2-5,11-12,14,21,29H,6-10,13H2,1H3,(H,25,28). The van der Waals surface area contributed by atoms with Gasteiger partial charge in [-0.15, -0.1) is 0 Å². The minimum absolute atomic E-state index is 0.234. The van der Waals surface area contributed by atoms with E-state index in [4.69, 9.17) is 5.21 Å². The monoisotopic (exact) mass is 395 g/mol. The summed E-state index contributed by atoms with van der Waals surface area (Å²) >= 11 is 0. The van der Waals surface area contributed by atoms with Crippen LogP contribution in [0.25, 0.3) is 10.9 Å². The number of benzene rings is 1. The third kappa shape index (κ3) is 4.20. The van der Waals surface area contributed by atoms with Crippen LogP contribution in [0.2, 0.25) is 0 Å². The van der Waals surface area contributed by atoms with Gasteiger partial charge < -0.3 is 10.2 Å². The van der Waals surface area contributed by atoms with E-state index < -0.39 is 5.91 Å². The van der Waals surface area contributed by atoms with Crippen LogP contribution in [0.15, 0.2) is 36.7 Å². The van der Waals surface area contributed by atoms with Gasteiger partial charge in [-0.2, -0.15) is 5.10 Å². The van der Waals surface area contributed by atoms with Gasteiger partial charge in [-0.1, -0.05) is 18.2 Å². The van der Waals surface area contributed by atoms with Crippen LogP contribution in [0, 0.1) is 5.92 Å². The van der Waals surface area contributed by atoms with E-state index >= 15 is 0 Å². The number of hydrogen-bond acceptors (Lipinski definition) is 7. The first-order valence-electron chi connectivity index (χ1n) is 9.78. The van der Waals surface area contributed by atoms with Crippen molar-refractivity contribution < 1.29 is 10.0 Å². The van der Waals surface area contributed by atoms with Crippen LogP contribution < -0.4 is 15.7 Å². The van der Waals surface area contributed by atoms with Crippen molar-refractivity contribution in [1.82, 2.24) is 30.5 Å². The molecule has 0 aliphatic carbocycles. The number of carbonyl (C=O) groups is 1. The summed E-state index contributed by atoms with van der Waals surface area (Å²) in [5.74, 6) is 0.605. The second-order valence-electron chi connectivity index (χ2n) is 7.36. The zero-order valence-corrected chi connectivity index (χ0v) is 16.4. The molecule has 29 heavy (non-hydrogen) atoms. The summed E-state index contributed by atoms with van der Waals surface area (Å²) in [7, 11) is 1.98. The highest BCUT2D eigenvalue weighted by atomic mass is 16.5. The van der Waals surface area contributed by atoms with E-state index in [1.807, 2.05) is 23.9 Å². The van der Waals surface area contributed by atoms with Gasteiger partial charge in [0.25, 0.3) is 5.91 Å². The Morgan fingerprint density at radius 3 is 2.66 bits per heavy atom. The largest absolute Gasteiger partial charge is 0.341 e. The zero-order valence-electron chi connectivity index (χ0n) is 16.4. The van der Waals surface area contributed by atoms with Gasteiger partial charge in [-0.25, -0.2) is 15.4 Å². The summed E-state index contributed by atoms with van der Waals surface area (Å²) in [5, 5.41) is 18.1. The lowest BCUT2D eigenvalue weighted by molar-refractivity contribution is 0.0705. The van der Waals surface area contributed by atoms with Crippen LogP contribution >= 0.6 is 0 Å². The van der Waals surface area contributed by atoms with Crippen molar-refractivity contribution in [3.8, 4) is 0 Å². The van der Waals surface area contributed by atoms with Crippen LogP contribution in [0.1, 0.15) is 28.9 Å². The van der Waals surface area contributed by atoms with E-state index in [1.54, 1.807) is 5.48 Å². The first-order valence-corrected chi connectivity index (χ1v) is 9.78. The summed E-state index contributed by atoms with van der Waals surface area (Å²) in [6.45, 7) is 3.48. The van der Waals surface area contributed by atoms with Crippen LogP contribution in [-0.4, -0.2) is 50.5 Å². The molecule has 2 aromatic heterocycles. The first kappa shape index (κ1) is 19.3. The molecule has 0 atom stereocenters. The number of piperidine rings is 1. The summed E-state index contributed by atoms with van der Waals surface area (Å²) in [6.07, 6.45) is 4.97. The van der Waals surface area contributed by atoms with Crippen molar-refractivity contribution in [2.24, 2.45) is 13.0 Å². The SMILES string of the molecule is Cn1nc(CNCC2CCN(c3ncc(C(=O)NO)cn3)CC2)c2ccccc21. The predicted molar refractivity (Wildman–Crippen MR) is 109 cm³/mol. The lowest BCUT2D eigenvalue weighted by atomic mass is 9.97. The van der Waals surface area contributed by atoms with Gasteiger partial charge in [0.1, 0.15) is 0 Å². The van der Waals surface area contributed by atoms with Gasteiger partial charge in [-0.3, -0.25) is 14.7 Å². The minimum Gasteiger partial charge on any atom is -0.341 e. The lowest BCUT2D eigenvalue weighted by Crippen LogP contribution is -2.38. The third-order valence-corrected chi connectivity index (χ3v) is 5.46. The quantitative estimate of drug-likeness (QED) is 0.429.